The van der Waals surface area contributed by atoms with E-state index in [2.05, 4.69) is 5.32 Å². The van der Waals surface area contributed by atoms with E-state index in [0.29, 0.717) is 18.8 Å². The molecule has 0 saturated carbocycles. The Hall–Kier alpha value is -2.04. The van der Waals surface area contributed by atoms with Gasteiger partial charge in [-0.2, -0.15) is 0 Å². The van der Waals surface area contributed by atoms with Crippen LogP contribution in [0.3, 0.4) is 0 Å². The maximum atomic E-state index is 12.0. The van der Waals surface area contributed by atoms with Gasteiger partial charge in [0, 0.05) is 5.56 Å². The quantitative estimate of drug-likeness (QED) is 0.842. The van der Waals surface area contributed by atoms with Gasteiger partial charge in [0.15, 0.2) is 0 Å². The fourth-order valence-corrected chi connectivity index (χ4v) is 1.99. The highest BCUT2D eigenvalue weighted by Crippen LogP contribution is 2.33. The summed E-state index contributed by atoms with van der Waals surface area (Å²) in [5, 5.41) is 11.3. The molecule has 18 heavy (non-hydrogen) atoms. The first-order valence-electron chi connectivity index (χ1n) is 5.84. The lowest BCUT2D eigenvalue weighted by Gasteiger charge is -2.25. The Bertz CT molecular complexity index is 472. The molecule has 5 nitrogen and oxygen atoms in total. The van der Waals surface area contributed by atoms with Crippen molar-refractivity contribution in [3.05, 3.63) is 29.8 Å². The molecular formula is C13H15NO4. The number of hydrogen-bond donors (Lipinski definition) is 2. The number of carboxylic acid groups (broad SMARTS) is 1. The number of benzene rings is 1. The number of carboxylic acids is 1. The Morgan fingerprint density at radius 2 is 2.17 bits per heavy atom. The van der Waals surface area contributed by atoms with Gasteiger partial charge >= 0.3 is 5.97 Å². The van der Waals surface area contributed by atoms with Gasteiger partial charge in [0.2, 0.25) is 5.91 Å². The van der Waals surface area contributed by atoms with Crippen LogP contribution in [0, 0.1) is 0 Å². The van der Waals surface area contributed by atoms with Crippen LogP contribution in [-0.4, -0.2) is 29.6 Å². The molecule has 0 spiro atoms. The van der Waals surface area contributed by atoms with E-state index >= 15 is 0 Å². The van der Waals surface area contributed by atoms with Crippen LogP contribution in [0.1, 0.15) is 24.8 Å². The fourth-order valence-electron chi connectivity index (χ4n) is 1.99. The van der Waals surface area contributed by atoms with Gasteiger partial charge in [-0.3, -0.25) is 9.59 Å². The Kier molecular flexibility index (Phi) is 3.50. The molecule has 1 aliphatic heterocycles. The van der Waals surface area contributed by atoms with Gasteiger partial charge in [0.05, 0.1) is 12.5 Å². The van der Waals surface area contributed by atoms with Crippen molar-refractivity contribution in [2.45, 2.75) is 25.3 Å². The third kappa shape index (κ3) is 2.45. The second-order valence-electron chi connectivity index (χ2n) is 4.30. The van der Waals surface area contributed by atoms with Crippen molar-refractivity contribution >= 4 is 11.9 Å². The number of carbonyl (C=O) groups is 2. The zero-order chi connectivity index (χ0) is 13.1. The predicted molar refractivity (Wildman–Crippen MR) is 64.5 cm³/mol. The van der Waals surface area contributed by atoms with E-state index in [1.54, 1.807) is 0 Å². The van der Waals surface area contributed by atoms with Crippen LogP contribution in [-0.2, 0) is 9.59 Å². The molecule has 96 valence electrons. The molecule has 2 rings (SSSR count). The van der Waals surface area contributed by atoms with Gasteiger partial charge in [-0.1, -0.05) is 18.2 Å². The maximum Gasteiger partial charge on any atom is 0.325 e. The van der Waals surface area contributed by atoms with Crippen molar-refractivity contribution in [2.24, 2.45) is 0 Å². The van der Waals surface area contributed by atoms with Crippen molar-refractivity contribution in [3.63, 3.8) is 0 Å². The van der Waals surface area contributed by atoms with Crippen LogP contribution in [0.15, 0.2) is 24.3 Å². The minimum atomic E-state index is -1.04. The molecule has 0 saturated heterocycles. The lowest BCUT2D eigenvalue weighted by molar-refractivity contribution is -0.141. The molecule has 2 atom stereocenters. The third-order valence-corrected chi connectivity index (χ3v) is 3.00. The number of fused-ring (bicyclic) bond motifs is 1. The summed E-state index contributed by atoms with van der Waals surface area (Å²) in [7, 11) is 0. The lowest BCUT2D eigenvalue weighted by atomic mass is 9.92. The van der Waals surface area contributed by atoms with E-state index in [-0.39, 0.29) is 11.8 Å². The summed E-state index contributed by atoms with van der Waals surface area (Å²) in [6.45, 7) is 1.92. The number of para-hydroxylation sites is 1. The van der Waals surface area contributed by atoms with Crippen LogP contribution in [0.25, 0.3) is 0 Å². The van der Waals surface area contributed by atoms with E-state index < -0.39 is 12.0 Å². The molecule has 1 amide bonds. The SMILES string of the molecule is CC(NC(=O)C1CCOc2ccccc21)C(=O)O. The average molecular weight is 249 g/mol. The molecule has 5 heteroatoms. The van der Waals surface area contributed by atoms with Crippen molar-refractivity contribution < 1.29 is 19.4 Å². The number of carbonyl (C=O) groups excluding carboxylic acids is 1. The first-order chi connectivity index (χ1) is 8.59. The van der Waals surface area contributed by atoms with Gasteiger partial charge < -0.3 is 15.2 Å². The number of aliphatic carboxylic acids is 1. The monoisotopic (exact) mass is 249 g/mol. The Labute approximate surface area is 105 Å². The zero-order valence-electron chi connectivity index (χ0n) is 10.1. The molecule has 0 aliphatic carbocycles. The fraction of sp³-hybridized carbons (Fsp3) is 0.385. The molecule has 2 unspecified atom stereocenters. The van der Waals surface area contributed by atoms with Gasteiger partial charge in [0.25, 0.3) is 0 Å². The Morgan fingerprint density at radius 3 is 2.89 bits per heavy atom. The summed E-state index contributed by atoms with van der Waals surface area (Å²) in [6, 6.07) is 6.46. The van der Waals surface area contributed by atoms with E-state index in [0.717, 1.165) is 5.56 Å². The summed E-state index contributed by atoms with van der Waals surface area (Å²) >= 11 is 0. The second kappa shape index (κ2) is 5.08. The van der Waals surface area contributed by atoms with E-state index in [1.165, 1.54) is 6.92 Å². The van der Waals surface area contributed by atoms with E-state index in [1.807, 2.05) is 24.3 Å². The highest BCUT2D eigenvalue weighted by molar-refractivity contribution is 5.88. The minimum absolute atomic E-state index is 0.263. The molecule has 1 heterocycles. The van der Waals surface area contributed by atoms with Crippen molar-refractivity contribution in [2.75, 3.05) is 6.61 Å². The molecule has 0 bridgehead atoms. The van der Waals surface area contributed by atoms with Gasteiger partial charge in [0.1, 0.15) is 11.8 Å². The van der Waals surface area contributed by atoms with Crippen LogP contribution in [0.5, 0.6) is 5.75 Å². The van der Waals surface area contributed by atoms with Crippen LogP contribution in [0.2, 0.25) is 0 Å². The smallest absolute Gasteiger partial charge is 0.325 e. The topological polar surface area (TPSA) is 75.6 Å². The summed E-state index contributed by atoms with van der Waals surface area (Å²) in [4.78, 5) is 22.8. The first kappa shape index (κ1) is 12.4. The number of hydrogen-bond acceptors (Lipinski definition) is 3. The molecule has 1 aromatic rings. The number of amides is 1. The standard InChI is InChI=1S/C13H15NO4/c1-8(13(16)17)14-12(15)10-6-7-18-11-5-3-2-4-9(10)11/h2-5,8,10H,6-7H2,1H3,(H,14,15)(H,16,17). The van der Waals surface area contributed by atoms with Gasteiger partial charge in [-0.15, -0.1) is 0 Å². The van der Waals surface area contributed by atoms with Crippen LogP contribution in [0.4, 0.5) is 0 Å². The average Bonchev–Trinajstić information content (AvgIpc) is 2.37. The summed E-state index contributed by atoms with van der Waals surface area (Å²) < 4.78 is 5.46. The molecular weight excluding hydrogens is 234 g/mol. The number of rotatable bonds is 3. The Morgan fingerprint density at radius 1 is 1.44 bits per heavy atom. The van der Waals surface area contributed by atoms with Gasteiger partial charge in [-0.25, -0.2) is 0 Å². The Balaban J connectivity index is 2.15. The number of ether oxygens (including phenoxy) is 1. The van der Waals surface area contributed by atoms with Crippen molar-refractivity contribution in [1.29, 1.82) is 0 Å². The minimum Gasteiger partial charge on any atom is -0.493 e. The summed E-state index contributed by atoms with van der Waals surface area (Å²) in [6.07, 6.45) is 0.565. The normalized spacial score (nSPS) is 19.3. The molecule has 0 aromatic heterocycles. The highest BCUT2D eigenvalue weighted by atomic mass is 16.5. The molecule has 0 radical (unpaired) electrons. The predicted octanol–water partition coefficient (Wildman–Crippen LogP) is 1.14. The van der Waals surface area contributed by atoms with Crippen LogP contribution >= 0.6 is 0 Å². The van der Waals surface area contributed by atoms with Crippen LogP contribution < -0.4 is 10.1 Å². The summed E-state index contributed by atoms with van der Waals surface area (Å²) in [5.74, 6) is -0.937. The highest BCUT2D eigenvalue weighted by Gasteiger charge is 2.29. The van der Waals surface area contributed by atoms with Crippen molar-refractivity contribution in [3.8, 4) is 5.75 Å². The van der Waals surface area contributed by atoms with E-state index in [9.17, 15) is 9.59 Å². The first-order valence-corrected chi connectivity index (χ1v) is 5.84. The third-order valence-electron chi connectivity index (χ3n) is 3.00. The zero-order valence-corrected chi connectivity index (χ0v) is 10.1. The lowest BCUT2D eigenvalue weighted by Crippen LogP contribution is -2.42. The number of nitrogens with one attached hydrogen (secondary N) is 1. The maximum absolute atomic E-state index is 12.0. The van der Waals surface area contributed by atoms with Gasteiger partial charge in [-0.05, 0) is 19.4 Å². The molecule has 1 aliphatic rings. The second-order valence-corrected chi connectivity index (χ2v) is 4.30. The van der Waals surface area contributed by atoms with E-state index in [4.69, 9.17) is 9.84 Å². The van der Waals surface area contributed by atoms with Crippen molar-refractivity contribution in [1.82, 2.24) is 5.32 Å². The largest absolute Gasteiger partial charge is 0.493 e. The molecule has 0 fully saturated rings. The molecule has 2 N–H and O–H groups in total. The molecule has 1 aromatic carbocycles. The summed E-state index contributed by atoms with van der Waals surface area (Å²) in [5.41, 5.74) is 0.818.